The lowest BCUT2D eigenvalue weighted by atomic mass is 9.90. The van der Waals surface area contributed by atoms with Crippen LogP contribution in [0.3, 0.4) is 0 Å². The van der Waals surface area contributed by atoms with Crippen molar-refractivity contribution in [1.82, 2.24) is 25.1 Å². The first-order valence-corrected chi connectivity index (χ1v) is 10.8. The van der Waals surface area contributed by atoms with Gasteiger partial charge in [0.05, 0.1) is 12.8 Å². The minimum absolute atomic E-state index is 0.132. The van der Waals surface area contributed by atoms with E-state index >= 15 is 0 Å². The smallest absolute Gasteiger partial charge is 0.328 e. The van der Waals surface area contributed by atoms with Crippen molar-refractivity contribution < 1.29 is 28.9 Å². The van der Waals surface area contributed by atoms with Crippen LogP contribution in [0.5, 0.6) is 17.2 Å². The van der Waals surface area contributed by atoms with E-state index in [1.54, 1.807) is 30.0 Å². The maximum atomic E-state index is 12.0. The number of aromatic nitrogens is 4. The number of carboxylic acid groups (broad SMARTS) is 1. The molecule has 35 heavy (non-hydrogen) atoms. The van der Waals surface area contributed by atoms with Crippen LogP contribution in [0.4, 0.5) is 5.69 Å². The second kappa shape index (κ2) is 9.06. The molecule has 12 nitrogen and oxygen atoms in total. The van der Waals surface area contributed by atoms with Gasteiger partial charge >= 0.3 is 5.97 Å². The number of hydrogen-bond acceptors (Lipinski definition) is 9. The lowest BCUT2D eigenvalue weighted by molar-refractivity contribution is -0.131. The number of ether oxygens (including phenoxy) is 3. The molecule has 0 aliphatic carbocycles. The molecular weight excluding hydrogens is 456 g/mol. The van der Waals surface area contributed by atoms with Gasteiger partial charge in [-0.3, -0.25) is 9.69 Å². The van der Waals surface area contributed by atoms with Gasteiger partial charge in [-0.25, -0.2) is 4.79 Å². The van der Waals surface area contributed by atoms with Crippen LogP contribution < -0.4 is 19.5 Å². The summed E-state index contributed by atoms with van der Waals surface area (Å²) in [5.74, 6) is 0.589. The van der Waals surface area contributed by atoms with E-state index in [4.69, 9.17) is 19.3 Å². The average Bonchev–Trinajstić information content (AvgIpc) is 3.51. The number of aliphatic carboxylic acids is 1. The summed E-state index contributed by atoms with van der Waals surface area (Å²) in [6.07, 6.45) is 2.51. The van der Waals surface area contributed by atoms with Crippen molar-refractivity contribution in [1.29, 1.82) is 0 Å². The molecule has 2 aliphatic rings. The van der Waals surface area contributed by atoms with Gasteiger partial charge in [-0.15, -0.1) is 5.10 Å². The van der Waals surface area contributed by atoms with Crippen molar-refractivity contribution >= 4 is 17.6 Å². The Hall–Kier alpha value is -4.45. The Labute approximate surface area is 199 Å². The molecule has 0 bridgehead atoms. The van der Waals surface area contributed by atoms with Gasteiger partial charge in [0.15, 0.2) is 17.3 Å². The molecule has 5 rings (SSSR count). The van der Waals surface area contributed by atoms with Crippen LogP contribution in [0.15, 0.2) is 42.5 Å². The minimum Gasteiger partial charge on any atom is -0.492 e. The molecule has 1 aromatic heterocycles. The van der Waals surface area contributed by atoms with Gasteiger partial charge in [0.25, 0.3) is 0 Å². The number of carbonyl (C=O) groups excluding carboxylic acids is 1. The summed E-state index contributed by atoms with van der Waals surface area (Å²) in [7, 11) is 3.58. The number of nitrogens with zero attached hydrogens (tertiary/aromatic N) is 5. The number of benzene rings is 2. The molecule has 0 saturated carbocycles. The Balaban J connectivity index is 1.54. The fraction of sp³-hybridized carbons (Fsp3) is 0.261. The van der Waals surface area contributed by atoms with E-state index in [0.29, 0.717) is 34.4 Å². The summed E-state index contributed by atoms with van der Waals surface area (Å²) in [6, 6.07) is 8.58. The predicted molar refractivity (Wildman–Crippen MR) is 122 cm³/mol. The highest BCUT2D eigenvalue weighted by Gasteiger charge is 2.37. The third-order valence-corrected chi connectivity index (χ3v) is 5.87. The summed E-state index contributed by atoms with van der Waals surface area (Å²) in [6.45, 7) is 0.895. The van der Waals surface area contributed by atoms with Crippen molar-refractivity contribution in [2.24, 2.45) is 0 Å². The van der Waals surface area contributed by atoms with Gasteiger partial charge < -0.3 is 24.6 Å². The number of nitrogens with one attached hydrogen (secondary N) is 1. The van der Waals surface area contributed by atoms with E-state index in [1.165, 1.54) is 0 Å². The summed E-state index contributed by atoms with van der Waals surface area (Å²) in [5.41, 5.74) is 3.05. The first-order valence-electron chi connectivity index (χ1n) is 10.8. The molecule has 2 aromatic carbocycles. The average molecular weight is 478 g/mol. The number of amides is 1. The standard InChI is InChI=1S/C23H22N6O6/c1-28-9-8-13-10-16-21(35-12-34-16)22(33-2)19(13)20(28)23-25-26-27-29(23)15-5-3-4-14(11-15)24-17(30)6-7-18(31)32/h3-7,10-11,20H,8-9,12H2,1-2H3,(H,24,30)(H,31,32)/b7-6+. The number of carboxylic acids is 1. The molecule has 180 valence electrons. The molecule has 1 atom stereocenters. The highest BCUT2D eigenvalue weighted by molar-refractivity contribution is 6.02. The molecule has 1 unspecified atom stereocenters. The van der Waals surface area contributed by atoms with Gasteiger partial charge in [-0.2, -0.15) is 4.68 Å². The van der Waals surface area contributed by atoms with Gasteiger partial charge in [0.2, 0.25) is 18.4 Å². The van der Waals surface area contributed by atoms with Crippen molar-refractivity contribution in [3.05, 3.63) is 59.4 Å². The van der Waals surface area contributed by atoms with Crippen LogP contribution >= 0.6 is 0 Å². The molecule has 3 heterocycles. The van der Waals surface area contributed by atoms with E-state index in [-0.39, 0.29) is 12.8 Å². The Bertz CT molecular complexity index is 1340. The second-order valence-electron chi connectivity index (χ2n) is 8.01. The monoisotopic (exact) mass is 478 g/mol. The molecule has 2 aliphatic heterocycles. The second-order valence-corrected chi connectivity index (χ2v) is 8.01. The van der Waals surface area contributed by atoms with E-state index in [1.807, 2.05) is 19.2 Å². The zero-order chi connectivity index (χ0) is 24.5. The van der Waals surface area contributed by atoms with Crippen LogP contribution in [0.1, 0.15) is 23.0 Å². The number of rotatable bonds is 6. The first-order chi connectivity index (χ1) is 17.0. The zero-order valence-electron chi connectivity index (χ0n) is 19.0. The summed E-state index contributed by atoms with van der Waals surface area (Å²) in [4.78, 5) is 24.8. The topological polar surface area (TPSA) is 141 Å². The fourth-order valence-corrected chi connectivity index (χ4v) is 4.35. The number of carbonyl (C=O) groups is 2. The summed E-state index contributed by atoms with van der Waals surface area (Å²) in [5, 5.41) is 23.8. The van der Waals surface area contributed by atoms with E-state index in [0.717, 1.165) is 36.2 Å². The molecule has 12 heteroatoms. The number of hydrogen-bond donors (Lipinski definition) is 2. The lowest BCUT2D eigenvalue weighted by Crippen LogP contribution is -2.35. The highest BCUT2D eigenvalue weighted by Crippen LogP contribution is 2.50. The Kier molecular flexibility index (Phi) is 5.79. The van der Waals surface area contributed by atoms with E-state index in [2.05, 4.69) is 25.7 Å². The van der Waals surface area contributed by atoms with Crippen LogP contribution in [0, 0.1) is 0 Å². The Morgan fingerprint density at radius 2 is 2.11 bits per heavy atom. The van der Waals surface area contributed by atoms with Crippen LogP contribution in [0.2, 0.25) is 0 Å². The third-order valence-electron chi connectivity index (χ3n) is 5.87. The normalized spacial score (nSPS) is 16.8. The number of tetrazole rings is 1. The molecule has 2 N–H and O–H groups in total. The van der Waals surface area contributed by atoms with Crippen LogP contribution in [0.25, 0.3) is 5.69 Å². The van der Waals surface area contributed by atoms with Crippen LogP contribution in [-0.2, 0) is 16.0 Å². The van der Waals surface area contributed by atoms with Crippen molar-refractivity contribution in [2.45, 2.75) is 12.5 Å². The third kappa shape index (κ3) is 4.15. The molecule has 0 saturated heterocycles. The lowest BCUT2D eigenvalue weighted by Gasteiger charge is -2.34. The summed E-state index contributed by atoms with van der Waals surface area (Å²) >= 11 is 0. The molecule has 1 amide bonds. The van der Waals surface area contributed by atoms with Gasteiger partial charge in [-0.1, -0.05) is 6.07 Å². The van der Waals surface area contributed by atoms with E-state index in [9.17, 15) is 9.59 Å². The quantitative estimate of drug-likeness (QED) is 0.501. The number of methoxy groups -OCH3 is 1. The van der Waals surface area contributed by atoms with Gasteiger partial charge in [0, 0.05) is 29.9 Å². The van der Waals surface area contributed by atoms with Gasteiger partial charge in [0.1, 0.15) is 6.04 Å². The fourth-order valence-electron chi connectivity index (χ4n) is 4.35. The molecule has 0 fully saturated rings. The number of anilines is 1. The van der Waals surface area contributed by atoms with Gasteiger partial charge in [-0.05, 0) is 53.7 Å². The Morgan fingerprint density at radius 3 is 2.91 bits per heavy atom. The largest absolute Gasteiger partial charge is 0.492 e. The molecule has 3 aromatic rings. The zero-order valence-corrected chi connectivity index (χ0v) is 19.0. The number of likely N-dealkylation sites (N-methyl/N-ethyl adjacent to an activating group) is 1. The maximum Gasteiger partial charge on any atom is 0.328 e. The van der Waals surface area contributed by atoms with Crippen LogP contribution in [-0.4, -0.2) is 69.6 Å². The van der Waals surface area contributed by atoms with Crippen molar-refractivity contribution in [2.75, 3.05) is 32.8 Å². The molecule has 0 radical (unpaired) electrons. The number of fused-ring (bicyclic) bond motifs is 2. The van der Waals surface area contributed by atoms with Crippen molar-refractivity contribution in [3.8, 4) is 22.9 Å². The minimum atomic E-state index is -1.21. The maximum absolute atomic E-state index is 12.0. The SMILES string of the molecule is COc1c2c(cc3c1C(c1nnnn1-c1cccc(NC(=O)/C=C/C(=O)O)c1)N(C)CC3)OCO2. The first kappa shape index (κ1) is 22.3. The van der Waals surface area contributed by atoms with E-state index < -0.39 is 11.9 Å². The molecular formula is C23H22N6O6. The molecule has 0 spiro atoms. The summed E-state index contributed by atoms with van der Waals surface area (Å²) < 4.78 is 18.7. The highest BCUT2D eigenvalue weighted by atomic mass is 16.7. The van der Waals surface area contributed by atoms with Crippen molar-refractivity contribution in [3.63, 3.8) is 0 Å². The Morgan fingerprint density at radius 1 is 1.26 bits per heavy atom. The predicted octanol–water partition coefficient (Wildman–Crippen LogP) is 1.56.